The van der Waals surface area contributed by atoms with Crippen molar-refractivity contribution < 1.29 is 14.2 Å². The average Bonchev–Trinajstić information content (AvgIpc) is 2.73. The second kappa shape index (κ2) is 7.56. The molecular weight excluding hydrogens is 362 g/mol. The lowest BCUT2D eigenvalue weighted by molar-refractivity contribution is -0.0768. The summed E-state index contributed by atoms with van der Waals surface area (Å²) >= 11 is 1.57. The number of hydrogen-bond acceptors (Lipinski definition) is 7. The lowest BCUT2D eigenvalue weighted by Crippen LogP contribution is -2.47. The topological polar surface area (TPSA) is 56.7 Å². The van der Waals surface area contributed by atoms with E-state index in [1.165, 1.54) is 11.1 Å². The van der Waals surface area contributed by atoms with Gasteiger partial charge in [0, 0.05) is 19.3 Å². The molecule has 27 heavy (non-hydrogen) atoms. The lowest BCUT2D eigenvalue weighted by Gasteiger charge is -2.45. The van der Waals surface area contributed by atoms with Crippen molar-refractivity contribution in [2.75, 3.05) is 45.1 Å². The van der Waals surface area contributed by atoms with Gasteiger partial charge in [-0.1, -0.05) is 11.8 Å². The number of hydrogen-bond donors (Lipinski definition) is 0. The Morgan fingerprint density at radius 1 is 1.15 bits per heavy atom. The lowest BCUT2D eigenvalue weighted by atomic mass is 9.79. The summed E-state index contributed by atoms with van der Waals surface area (Å²) in [6.07, 6.45) is 6.59. The number of rotatable bonds is 4. The first-order valence-corrected chi connectivity index (χ1v) is 10.4. The highest BCUT2D eigenvalue weighted by atomic mass is 32.2. The third kappa shape index (κ3) is 3.34. The van der Waals surface area contributed by atoms with Gasteiger partial charge in [0.1, 0.15) is 5.82 Å². The van der Waals surface area contributed by atoms with Crippen LogP contribution in [0.15, 0.2) is 29.6 Å². The Balaban J connectivity index is 1.60. The van der Waals surface area contributed by atoms with Gasteiger partial charge in [0.25, 0.3) is 0 Å². The van der Waals surface area contributed by atoms with Crippen molar-refractivity contribution in [2.45, 2.75) is 30.0 Å². The molecule has 0 aliphatic carbocycles. The zero-order valence-electron chi connectivity index (χ0n) is 16.0. The smallest absolute Gasteiger partial charge is 0.189 e. The molecule has 2 aliphatic rings. The van der Waals surface area contributed by atoms with E-state index in [4.69, 9.17) is 14.2 Å². The van der Waals surface area contributed by atoms with E-state index in [1.807, 2.05) is 18.5 Å². The van der Waals surface area contributed by atoms with Crippen molar-refractivity contribution in [3.63, 3.8) is 0 Å². The van der Waals surface area contributed by atoms with Gasteiger partial charge in [-0.25, -0.2) is 9.97 Å². The summed E-state index contributed by atoms with van der Waals surface area (Å²) in [6, 6.07) is 6.21. The zero-order chi connectivity index (χ0) is 18.9. The van der Waals surface area contributed by atoms with E-state index in [-0.39, 0.29) is 5.60 Å². The van der Waals surface area contributed by atoms with Crippen LogP contribution in [-0.4, -0.2) is 50.1 Å². The summed E-state index contributed by atoms with van der Waals surface area (Å²) in [5.74, 6) is 2.55. The van der Waals surface area contributed by atoms with Crippen LogP contribution in [-0.2, 0) is 16.8 Å². The van der Waals surface area contributed by atoms with E-state index in [9.17, 15) is 0 Å². The molecule has 0 bridgehead atoms. The van der Waals surface area contributed by atoms with Gasteiger partial charge in [0.15, 0.2) is 16.7 Å². The van der Waals surface area contributed by atoms with Gasteiger partial charge < -0.3 is 19.1 Å². The van der Waals surface area contributed by atoms with Gasteiger partial charge >= 0.3 is 0 Å². The van der Waals surface area contributed by atoms with Gasteiger partial charge in [-0.3, -0.25) is 0 Å². The van der Waals surface area contributed by atoms with E-state index >= 15 is 0 Å². The van der Waals surface area contributed by atoms with E-state index in [2.05, 4.69) is 27.0 Å². The van der Waals surface area contributed by atoms with Crippen molar-refractivity contribution in [1.82, 2.24) is 9.97 Å². The summed E-state index contributed by atoms with van der Waals surface area (Å²) in [6.45, 7) is 2.55. The molecule has 1 aromatic carbocycles. The Hall–Kier alpha value is -1.99. The van der Waals surface area contributed by atoms with Crippen LogP contribution in [0.2, 0.25) is 0 Å². The molecule has 7 heteroatoms. The van der Waals surface area contributed by atoms with Crippen LogP contribution < -0.4 is 14.4 Å². The Labute approximate surface area is 164 Å². The number of thioether (sulfide) groups is 1. The highest BCUT2D eigenvalue weighted by Gasteiger charge is 2.41. The van der Waals surface area contributed by atoms with Crippen LogP contribution in [0.1, 0.15) is 24.0 Å². The maximum absolute atomic E-state index is 6.38. The molecule has 0 N–H and O–H groups in total. The fraction of sp³-hybridized carbons (Fsp3) is 0.500. The first-order valence-electron chi connectivity index (χ1n) is 9.20. The number of fused-ring (bicyclic) bond motifs is 2. The molecule has 0 saturated carbocycles. The minimum atomic E-state index is -0.251. The Bertz CT molecular complexity index is 822. The van der Waals surface area contributed by atoms with E-state index in [0.717, 1.165) is 61.4 Å². The van der Waals surface area contributed by atoms with Gasteiger partial charge in [-0.05, 0) is 54.8 Å². The normalized spacial score (nSPS) is 18.3. The van der Waals surface area contributed by atoms with E-state index in [0.29, 0.717) is 0 Å². The fourth-order valence-corrected chi connectivity index (χ4v) is 4.45. The molecular formula is C20H25N3O3S. The molecule has 144 valence electrons. The van der Waals surface area contributed by atoms with Crippen molar-refractivity contribution in [2.24, 2.45) is 0 Å². The fourth-order valence-electron chi connectivity index (χ4n) is 4.10. The molecule has 1 aromatic heterocycles. The number of anilines is 1. The van der Waals surface area contributed by atoms with E-state index in [1.54, 1.807) is 26.0 Å². The zero-order valence-corrected chi connectivity index (χ0v) is 16.8. The monoisotopic (exact) mass is 387 g/mol. The van der Waals surface area contributed by atoms with Crippen LogP contribution in [0.5, 0.6) is 11.5 Å². The van der Waals surface area contributed by atoms with Crippen molar-refractivity contribution in [1.29, 1.82) is 0 Å². The minimum Gasteiger partial charge on any atom is -0.493 e. The van der Waals surface area contributed by atoms with E-state index < -0.39 is 0 Å². The summed E-state index contributed by atoms with van der Waals surface area (Å²) in [7, 11) is 3.37. The summed E-state index contributed by atoms with van der Waals surface area (Å²) < 4.78 is 17.4. The van der Waals surface area contributed by atoms with Crippen LogP contribution in [0.4, 0.5) is 5.82 Å². The SMILES string of the molecule is COc1cc2c(cc1OC)C1(CCN(c3ccnc(SC)n3)CC1)OCC2. The minimum absolute atomic E-state index is 0.251. The molecule has 0 radical (unpaired) electrons. The maximum Gasteiger partial charge on any atom is 0.189 e. The second-order valence-electron chi connectivity index (χ2n) is 6.85. The first-order chi connectivity index (χ1) is 13.2. The average molecular weight is 388 g/mol. The number of aromatic nitrogens is 2. The third-order valence-electron chi connectivity index (χ3n) is 5.55. The molecule has 0 atom stereocenters. The molecule has 2 aromatic rings. The van der Waals surface area contributed by atoms with Gasteiger partial charge in [-0.15, -0.1) is 0 Å². The summed E-state index contributed by atoms with van der Waals surface area (Å²) in [4.78, 5) is 11.2. The standard InChI is InChI=1S/C20H25N3O3S/c1-24-16-12-14-5-11-26-20(15(14)13-17(16)25-2)6-9-23(10-7-20)18-4-8-21-19(22-18)27-3/h4,8,12-13H,5-7,9-11H2,1-3H3. The molecule has 2 aliphatic heterocycles. The van der Waals surface area contributed by atoms with Gasteiger partial charge in [0.05, 0.1) is 26.4 Å². The van der Waals surface area contributed by atoms with Gasteiger partial charge in [-0.2, -0.15) is 0 Å². The second-order valence-corrected chi connectivity index (χ2v) is 7.62. The molecule has 0 unspecified atom stereocenters. The third-order valence-corrected chi connectivity index (χ3v) is 6.11. The predicted octanol–water partition coefficient (Wildman–Crippen LogP) is 3.28. The maximum atomic E-state index is 6.38. The van der Waals surface area contributed by atoms with Crippen LogP contribution >= 0.6 is 11.8 Å². The van der Waals surface area contributed by atoms with Crippen LogP contribution in [0.25, 0.3) is 0 Å². The highest BCUT2D eigenvalue weighted by Crippen LogP contribution is 2.45. The summed E-state index contributed by atoms with van der Waals surface area (Å²) in [5.41, 5.74) is 2.30. The Morgan fingerprint density at radius 2 is 1.89 bits per heavy atom. The summed E-state index contributed by atoms with van der Waals surface area (Å²) in [5, 5.41) is 0.809. The van der Waals surface area contributed by atoms with Crippen molar-refractivity contribution in [3.8, 4) is 11.5 Å². The molecule has 1 fully saturated rings. The number of ether oxygens (including phenoxy) is 3. The number of benzene rings is 1. The molecule has 1 saturated heterocycles. The molecule has 4 rings (SSSR count). The number of piperidine rings is 1. The van der Waals surface area contributed by atoms with Gasteiger partial charge in [0.2, 0.25) is 0 Å². The van der Waals surface area contributed by atoms with Crippen molar-refractivity contribution >= 4 is 17.6 Å². The van der Waals surface area contributed by atoms with Crippen LogP contribution in [0.3, 0.4) is 0 Å². The Kier molecular flexibility index (Phi) is 5.14. The number of nitrogens with zero attached hydrogens (tertiary/aromatic N) is 3. The molecule has 3 heterocycles. The quantitative estimate of drug-likeness (QED) is 0.589. The first kappa shape index (κ1) is 18.4. The molecule has 1 spiro atoms. The van der Waals surface area contributed by atoms with Crippen LogP contribution in [0, 0.1) is 0 Å². The predicted molar refractivity (Wildman–Crippen MR) is 106 cm³/mol. The largest absolute Gasteiger partial charge is 0.493 e. The Morgan fingerprint density at radius 3 is 2.59 bits per heavy atom. The molecule has 0 amide bonds. The number of methoxy groups -OCH3 is 2. The molecule has 6 nitrogen and oxygen atoms in total. The van der Waals surface area contributed by atoms with Crippen molar-refractivity contribution in [3.05, 3.63) is 35.5 Å². The highest BCUT2D eigenvalue weighted by molar-refractivity contribution is 7.98.